The maximum absolute atomic E-state index is 12.4. The first kappa shape index (κ1) is 14.1. The molecule has 0 unspecified atom stereocenters. The van der Waals surface area contributed by atoms with Crippen molar-refractivity contribution in [2.45, 2.75) is 12.3 Å². The van der Waals surface area contributed by atoms with E-state index in [0.29, 0.717) is 28.9 Å². The van der Waals surface area contributed by atoms with Crippen molar-refractivity contribution in [3.8, 4) is 5.69 Å². The summed E-state index contributed by atoms with van der Waals surface area (Å²) in [7, 11) is 0. The van der Waals surface area contributed by atoms with E-state index >= 15 is 0 Å². The minimum absolute atomic E-state index is 0.0655. The lowest BCUT2D eigenvalue weighted by molar-refractivity contribution is 0.0955. The summed E-state index contributed by atoms with van der Waals surface area (Å²) >= 11 is 1.40. The Balaban J connectivity index is 1.38. The smallest absolute Gasteiger partial charge is 0.263 e. The molecule has 1 aliphatic carbocycles. The second-order valence-electron chi connectivity index (χ2n) is 5.61. The highest BCUT2D eigenvalue weighted by atomic mass is 32.1. The molecule has 6 nitrogen and oxygen atoms in total. The first-order valence-electron chi connectivity index (χ1n) is 7.47. The molecule has 1 amide bonds. The van der Waals surface area contributed by atoms with Gasteiger partial charge in [0.15, 0.2) is 0 Å². The molecule has 2 atom stereocenters. The minimum atomic E-state index is -0.0655. The third-order valence-corrected chi connectivity index (χ3v) is 5.02. The molecule has 0 saturated heterocycles. The van der Waals surface area contributed by atoms with Crippen molar-refractivity contribution in [2.24, 2.45) is 5.92 Å². The average molecular weight is 325 g/mol. The van der Waals surface area contributed by atoms with Crippen LogP contribution in [0, 0.1) is 5.92 Å². The van der Waals surface area contributed by atoms with E-state index in [1.165, 1.54) is 27.9 Å². The van der Waals surface area contributed by atoms with E-state index in [2.05, 4.69) is 45.1 Å². The van der Waals surface area contributed by atoms with Crippen molar-refractivity contribution in [3.63, 3.8) is 0 Å². The highest BCUT2D eigenvalue weighted by Crippen LogP contribution is 2.46. The molecule has 3 aromatic rings. The molecular formula is C16H15N5OS. The molecule has 1 N–H and O–H groups in total. The van der Waals surface area contributed by atoms with Gasteiger partial charge in [-0.3, -0.25) is 4.79 Å². The van der Waals surface area contributed by atoms with Crippen molar-refractivity contribution in [2.75, 3.05) is 6.54 Å². The molecular weight excluding hydrogens is 310 g/mol. The van der Waals surface area contributed by atoms with E-state index in [9.17, 15) is 4.79 Å². The number of hydrogen-bond donors (Lipinski definition) is 1. The number of thiophene rings is 1. The molecule has 0 bridgehead atoms. The maximum atomic E-state index is 12.4. The number of amides is 1. The molecule has 4 rings (SSSR count). The van der Waals surface area contributed by atoms with Gasteiger partial charge in [0.2, 0.25) is 0 Å². The lowest BCUT2D eigenvalue weighted by atomic mass is 10.1. The van der Waals surface area contributed by atoms with Gasteiger partial charge >= 0.3 is 0 Å². The Kier molecular flexibility index (Phi) is 3.63. The standard InChI is InChI=1S/C16H15N5OS/c22-16(15-14(6-7-23-15)21-10-18-19-20-21)17-9-12-8-13(12)11-4-2-1-3-5-11/h1-7,10,12-13H,8-9H2,(H,17,22)/t12-,13+/m1/s1. The van der Waals surface area contributed by atoms with Crippen LogP contribution in [0.1, 0.15) is 27.6 Å². The van der Waals surface area contributed by atoms with Crippen LogP contribution in [0.5, 0.6) is 0 Å². The molecule has 2 aromatic heterocycles. The molecule has 116 valence electrons. The first-order chi connectivity index (χ1) is 11.3. The minimum Gasteiger partial charge on any atom is -0.351 e. The van der Waals surface area contributed by atoms with E-state index in [1.54, 1.807) is 0 Å². The molecule has 23 heavy (non-hydrogen) atoms. The molecule has 7 heteroatoms. The SMILES string of the molecule is O=C(NC[C@H]1C[C@H]1c1ccccc1)c1sccc1-n1cnnn1. The largest absolute Gasteiger partial charge is 0.351 e. The Morgan fingerprint density at radius 3 is 2.96 bits per heavy atom. The molecule has 0 spiro atoms. The highest BCUT2D eigenvalue weighted by molar-refractivity contribution is 7.12. The van der Waals surface area contributed by atoms with Gasteiger partial charge in [-0.25, -0.2) is 0 Å². The van der Waals surface area contributed by atoms with Crippen LogP contribution in [0.15, 0.2) is 48.1 Å². The fourth-order valence-corrected chi connectivity index (χ4v) is 3.60. The predicted molar refractivity (Wildman–Crippen MR) is 86.7 cm³/mol. The van der Waals surface area contributed by atoms with Gasteiger partial charge in [0.1, 0.15) is 11.2 Å². The summed E-state index contributed by atoms with van der Waals surface area (Å²) in [5, 5.41) is 16.0. The van der Waals surface area contributed by atoms with E-state index in [0.717, 1.165) is 6.42 Å². The fraction of sp³-hybridized carbons (Fsp3) is 0.250. The zero-order chi connectivity index (χ0) is 15.6. The molecule has 0 radical (unpaired) electrons. The van der Waals surface area contributed by atoms with E-state index < -0.39 is 0 Å². The van der Waals surface area contributed by atoms with Crippen LogP contribution in [0.25, 0.3) is 5.69 Å². The number of rotatable bonds is 5. The third kappa shape index (κ3) is 2.87. The number of carbonyl (C=O) groups is 1. The zero-order valence-corrected chi connectivity index (χ0v) is 13.1. The zero-order valence-electron chi connectivity index (χ0n) is 12.3. The van der Waals surface area contributed by atoms with E-state index in [-0.39, 0.29) is 5.91 Å². The number of benzene rings is 1. The van der Waals surface area contributed by atoms with Gasteiger partial charge < -0.3 is 5.32 Å². The predicted octanol–water partition coefficient (Wildman–Crippen LogP) is 2.26. The van der Waals surface area contributed by atoms with Gasteiger partial charge in [0.05, 0.1) is 5.69 Å². The van der Waals surface area contributed by atoms with Crippen LogP contribution < -0.4 is 5.32 Å². The topological polar surface area (TPSA) is 72.7 Å². The summed E-state index contributed by atoms with van der Waals surface area (Å²) in [5.41, 5.74) is 2.07. The number of hydrogen-bond acceptors (Lipinski definition) is 5. The normalized spacial score (nSPS) is 19.5. The summed E-state index contributed by atoms with van der Waals surface area (Å²) in [6, 6.07) is 12.3. The van der Waals surface area contributed by atoms with Crippen LogP contribution in [-0.4, -0.2) is 32.7 Å². The van der Waals surface area contributed by atoms with Gasteiger partial charge in [-0.15, -0.1) is 16.4 Å². The lowest BCUT2D eigenvalue weighted by Crippen LogP contribution is -2.26. The molecule has 1 aromatic carbocycles. The molecule has 1 aliphatic rings. The molecule has 1 saturated carbocycles. The molecule has 0 aliphatic heterocycles. The summed E-state index contributed by atoms with van der Waals surface area (Å²) < 4.78 is 1.51. The van der Waals surface area contributed by atoms with Crippen LogP contribution >= 0.6 is 11.3 Å². The highest BCUT2D eigenvalue weighted by Gasteiger charge is 2.38. The third-order valence-electron chi connectivity index (χ3n) is 4.12. The van der Waals surface area contributed by atoms with Crippen LogP contribution in [0.2, 0.25) is 0 Å². The van der Waals surface area contributed by atoms with E-state index in [1.807, 2.05) is 17.5 Å². The Morgan fingerprint density at radius 2 is 2.17 bits per heavy atom. The van der Waals surface area contributed by atoms with Crippen molar-refractivity contribution in [1.29, 1.82) is 0 Å². The number of aromatic nitrogens is 4. The average Bonchev–Trinajstić information content (AvgIpc) is 2.99. The Morgan fingerprint density at radius 1 is 1.30 bits per heavy atom. The van der Waals surface area contributed by atoms with Crippen molar-refractivity contribution >= 4 is 17.2 Å². The second-order valence-corrected chi connectivity index (χ2v) is 6.53. The van der Waals surface area contributed by atoms with Crippen LogP contribution in [-0.2, 0) is 0 Å². The van der Waals surface area contributed by atoms with Crippen LogP contribution in [0.4, 0.5) is 0 Å². The monoisotopic (exact) mass is 325 g/mol. The van der Waals surface area contributed by atoms with Gasteiger partial charge in [0.25, 0.3) is 5.91 Å². The van der Waals surface area contributed by atoms with Gasteiger partial charge in [-0.2, -0.15) is 4.68 Å². The van der Waals surface area contributed by atoms with Crippen molar-refractivity contribution in [3.05, 3.63) is 58.5 Å². The summed E-state index contributed by atoms with van der Waals surface area (Å²) in [5.74, 6) is 1.03. The number of carbonyl (C=O) groups excluding carboxylic acids is 1. The lowest BCUT2D eigenvalue weighted by Gasteiger charge is -2.05. The Bertz CT molecular complexity index is 799. The van der Waals surface area contributed by atoms with Gasteiger partial charge in [-0.1, -0.05) is 30.3 Å². The number of nitrogens with zero attached hydrogens (tertiary/aromatic N) is 4. The number of tetrazole rings is 1. The van der Waals surface area contributed by atoms with Crippen molar-refractivity contribution in [1.82, 2.24) is 25.5 Å². The second kappa shape index (κ2) is 5.92. The quantitative estimate of drug-likeness (QED) is 0.781. The maximum Gasteiger partial charge on any atom is 0.263 e. The fourth-order valence-electron chi connectivity index (χ4n) is 2.81. The van der Waals surface area contributed by atoms with Crippen molar-refractivity contribution < 1.29 is 4.79 Å². The van der Waals surface area contributed by atoms with Crippen LogP contribution in [0.3, 0.4) is 0 Å². The van der Waals surface area contributed by atoms with E-state index in [4.69, 9.17) is 0 Å². The number of nitrogens with one attached hydrogen (secondary N) is 1. The molecule has 2 heterocycles. The first-order valence-corrected chi connectivity index (χ1v) is 8.35. The van der Waals surface area contributed by atoms with Gasteiger partial charge in [0, 0.05) is 6.54 Å². The summed E-state index contributed by atoms with van der Waals surface area (Å²) in [4.78, 5) is 13.0. The van der Waals surface area contributed by atoms with Gasteiger partial charge in [-0.05, 0) is 45.7 Å². The summed E-state index contributed by atoms with van der Waals surface area (Å²) in [6.45, 7) is 0.700. The Hall–Kier alpha value is -2.54. The molecule has 1 fully saturated rings. The summed E-state index contributed by atoms with van der Waals surface area (Å²) in [6.07, 6.45) is 2.62. The Labute approximate surface area is 137 Å².